The first-order valence-corrected chi connectivity index (χ1v) is 7.16. The Balaban J connectivity index is 2.73. The molecule has 0 aliphatic carbocycles. The highest BCUT2D eigenvalue weighted by molar-refractivity contribution is 9.10. The van der Waals surface area contributed by atoms with Gasteiger partial charge in [0.25, 0.3) is 0 Å². The van der Waals surface area contributed by atoms with Crippen LogP contribution in [0.4, 0.5) is 5.69 Å². The highest BCUT2D eigenvalue weighted by Gasteiger charge is 2.15. The molecule has 1 atom stereocenters. The van der Waals surface area contributed by atoms with Crippen LogP contribution in [0.1, 0.15) is 19.8 Å². The van der Waals surface area contributed by atoms with E-state index in [2.05, 4.69) is 21.2 Å². The zero-order valence-electron chi connectivity index (χ0n) is 9.97. The van der Waals surface area contributed by atoms with Crippen LogP contribution in [-0.2, 0) is 4.79 Å². The first kappa shape index (κ1) is 15.8. The van der Waals surface area contributed by atoms with Crippen LogP contribution in [0.3, 0.4) is 0 Å². The summed E-state index contributed by atoms with van der Waals surface area (Å²) >= 11 is 15.3. The summed E-state index contributed by atoms with van der Waals surface area (Å²) < 4.78 is 0.698. The van der Waals surface area contributed by atoms with Crippen molar-refractivity contribution in [2.24, 2.45) is 11.7 Å². The molecule has 0 aliphatic heterocycles. The maximum absolute atomic E-state index is 11.9. The lowest BCUT2D eigenvalue weighted by atomic mass is 10.0. The molecule has 3 nitrogen and oxygen atoms in total. The maximum Gasteiger partial charge on any atom is 0.227 e. The lowest BCUT2D eigenvalue weighted by Crippen LogP contribution is -2.21. The van der Waals surface area contributed by atoms with E-state index in [4.69, 9.17) is 28.9 Å². The van der Waals surface area contributed by atoms with E-state index in [1.807, 2.05) is 6.92 Å². The topological polar surface area (TPSA) is 55.1 Å². The van der Waals surface area contributed by atoms with Crippen molar-refractivity contribution < 1.29 is 4.79 Å². The Morgan fingerprint density at radius 1 is 1.44 bits per heavy atom. The van der Waals surface area contributed by atoms with Gasteiger partial charge in [0.05, 0.1) is 15.7 Å². The third-order valence-electron chi connectivity index (χ3n) is 2.58. The minimum atomic E-state index is -0.105. The average Bonchev–Trinajstić information content (AvgIpc) is 2.36. The zero-order chi connectivity index (χ0) is 13.7. The van der Waals surface area contributed by atoms with Gasteiger partial charge in [0.2, 0.25) is 5.91 Å². The quantitative estimate of drug-likeness (QED) is 0.784. The van der Waals surface area contributed by atoms with Gasteiger partial charge < -0.3 is 11.1 Å². The normalized spacial score (nSPS) is 12.3. The number of anilines is 1. The van der Waals surface area contributed by atoms with Gasteiger partial charge in [-0.2, -0.15) is 0 Å². The molecule has 6 heteroatoms. The lowest BCUT2D eigenvalue weighted by molar-refractivity contribution is -0.119. The van der Waals surface area contributed by atoms with Crippen molar-refractivity contribution in [1.82, 2.24) is 0 Å². The number of hydrogen-bond donors (Lipinski definition) is 2. The molecular formula is C12H15BrCl2N2O. The highest BCUT2D eigenvalue weighted by atomic mass is 79.9. The minimum Gasteiger partial charge on any atom is -0.330 e. The molecule has 1 unspecified atom stereocenters. The molecule has 0 saturated carbocycles. The maximum atomic E-state index is 11.9. The molecule has 0 heterocycles. The van der Waals surface area contributed by atoms with E-state index in [0.717, 1.165) is 12.8 Å². The SMILES string of the molecule is CC(CCCN)C(=O)Nc1ccc(Br)c(Cl)c1Cl. The molecule has 100 valence electrons. The van der Waals surface area contributed by atoms with Crippen LogP contribution in [0.15, 0.2) is 16.6 Å². The Morgan fingerprint density at radius 3 is 2.72 bits per heavy atom. The van der Waals surface area contributed by atoms with Crippen molar-refractivity contribution in [2.75, 3.05) is 11.9 Å². The van der Waals surface area contributed by atoms with E-state index in [9.17, 15) is 4.79 Å². The summed E-state index contributed by atoms with van der Waals surface area (Å²) in [5.41, 5.74) is 5.94. The van der Waals surface area contributed by atoms with Crippen molar-refractivity contribution in [3.8, 4) is 0 Å². The molecule has 0 spiro atoms. The Bertz CT molecular complexity index is 440. The largest absolute Gasteiger partial charge is 0.330 e. The number of carbonyl (C=O) groups excluding carboxylic acids is 1. The predicted molar refractivity (Wildman–Crippen MR) is 80.2 cm³/mol. The molecule has 18 heavy (non-hydrogen) atoms. The number of nitrogens with two attached hydrogens (primary N) is 1. The van der Waals surface area contributed by atoms with Gasteiger partial charge in [-0.25, -0.2) is 0 Å². The predicted octanol–water partition coefficient (Wildman–Crippen LogP) is 4.07. The number of carbonyl (C=O) groups is 1. The Morgan fingerprint density at radius 2 is 2.11 bits per heavy atom. The fraction of sp³-hybridized carbons (Fsp3) is 0.417. The average molecular weight is 354 g/mol. The van der Waals surface area contributed by atoms with Crippen molar-refractivity contribution in [2.45, 2.75) is 19.8 Å². The summed E-state index contributed by atoms with van der Waals surface area (Å²) in [5.74, 6) is -0.184. The standard InChI is InChI=1S/C12H15BrCl2N2O/c1-7(3-2-6-16)12(18)17-9-5-4-8(13)10(14)11(9)15/h4-5,7H,2-3,6,16H2,1H3,(H,17,18). The Hall–Kier alpha value is -0.290. The van der Waals surface area contributed by atoms with E-state index in [0.29, 0.717) is 26.8 Å². The molecule has 0 aromatic heterocycles. The van der Waals surface area contributed by atoms with Crippen LogP contribution in [-0.4, -0.2) is 12.5 Å². The number of rotatable bonds is 5. The number of nitrogens with one attached hydrogen (secondary N) is 1. The molecular weight excluding hydrogens is 339 g/mol. The van der Waals surface area contributed by atoms with Gasteiger partial charge in [-0.15, -0.1) is 0 Å². The van der Waals surface area contributed by atoms with Gasteiger partial charge in [-0.05, 0) is 47.4 Å². The van der Waals surface area contributed by atoms with E-state index >= 15 is 0 Å². The number of halogens is 3. The summed E-state index contributed by atoms with van der Waals surface area (Å²) in [4.78, 5) is 11.9. The van der Waals surface area contributed by atoms with E-state index in [1.54, 1.807) is 12.1 Å². The number of amides is 1. The van der Waals surface area contributed by atoms with Crippen LogP contribution in [0.2, 0.25) is 10.0 Å². The van der Waals surface area contributed by atoms with Gasteiger partial charge in [0, 0.05) is 10.4 Å². The molecule has 0 aliphatic rings. The molecule has 0 bridgehead atoms. The smallest absolute Gasteiger partial charge is 0.227 e. The van der Waals surface area contributed by atoms with Crippen LogP contribution in [0.5, 0.6) is 0 Å². The number of hydrogen-bond acceptors (Lipinski definition) is 2. The fourth-order valence-corrected chi connectivity index (χ4v) is 2.25. The second-order valence-corrected chi connectivity index (χ2v) is 5.65. The third kappa shape index (κ3) is 4.12. The van der Waals surface area contributed by atoms with Crippen molar-refractivity contribution >= 4 is 50.7 Å². The number of benzene rings is 1. The second-order valence-electron chi connectivity index (χ2n) is 4.04. The lowest BCUT2D eigenvalue weighted by Gasteiger charge is -2.13. The van der Waals surface area contributed by atoms with Crippen LogP contribution in [0, 0.1) is 5.92 Å². The van der Waals surface area contributed by atoms with Crippen molar-refractivity contribution in [3.63, 3.8) is 0 Å². The highest BCUT2D eigenvalue weighted by Crippen LogP contribution is 2.36. The monoisotopic (exact) mass is 352 g/mol. The molecule has 0 saturated heterocycles. The summed E-state index contributed by atoms with van der Waals surface area (Å²) in [7, 11) is 0. The third-order valence-corrected chi connectivity index (χ3v) is 4.35. The van der Waals surface area contributed by atoms with Crippen molar-refractivity contribution in [1.29, 1.82) is 0 Å². The van der Waals surface area contributed by atoms with Crippen LogP contribution >= 0.6 is 39.1 Å². The van der Waals surface area contributed by atoms with Crippen LogP contribution in [0.25, 0.3) is 0 Å². The van der Waals surface area contributed by atoms with E-state index in [1.165, 1.54) is 0 Å². The molecule has 1 aromatic rings. The van der Waals surface area contributed by atoms with Gasteiger partial charge in [-0.3, -0.25) is 4.79 Å². The molecule has 3 N–H and O–H groups in total. The van der Waals surface area contributed by atoms with Gasteiger partial charge in [-0.1, -0.05) is 30.1 Å². The molecule has 1 rings (SSSR count). The second kappa shape index (κ2) is 7.34. The summed E-state index contributed by atoms with van der Waals surface area (Å²) in [6, 6.07) is 3.46. The molecule has 1 amide bonds. The Labute approximate surface area is 125 Å². The van der Waals surface area contributed by atoms with Gasteiger partial charge in [0.1, 0.15) is 0 Å². The zero-order valence-corrected chi connectivity index (χ0v) is 13.1. The van der Waals surface area contributed by atoms with Gasteiger partial charge in [0.15, 0.2) is 0 Å². The van der Waals surface area contributed by atoms with Crippen LogP contribution < -0.4 is 11.1 Å². The first-order chi connectivity index (χ1) is 8.47. The van der Waals surface area contributed by atoms with E-state index < -0.39 is 0 Å². The molecule has 0 fully saturated rings. The molecule has 1 aromatic carbocycles. The Kier molecular flexibility index (Phi) is 6.43. The van der Waals surface area contributed by atoms with E-state index in [-0.39, 0.29) is 11.8 Å². The van der Waals surface area contributed by atoms with Crippen molar-refractivity contribution in [3.05, 3.63) is 26.7 Å². The summed E-state index contributed by atoms with van der Waals surface area (Å²) in [6.07, 6.45) is 1.58. The van der Waals surface area contributed by atoms with Gasteiger partial charge >= 0.3 is 0 Å². The first-order valence-electron chi connectivity index (χ1n) is 5.61. The summed E-state index contributed by atoms with van der Waals surface area (Å²) in [5, 5.41) is 3.50. The fourth-order valence-electron chi connectivity index (χ4n) is 1.43. The molecule has 0 radical (unpaired) electrons. The summed E-state index contributed by atoms with van der Waals surface area (Å²) in [6.45, 7) is 2.45. The minimum absolute atomic E-state index is 0.0799.